The molecule has 0 radical (unpaired) electrons. The largest absolute Gasteiger partial charge is 0.385 e. The molecule has 2 heterocycles. The number of pyridine rings is 1. The van der Waals surface area contributed by atoms with Crippen molar-refractivity contribution in [1.29, 1.82) is 0 Å². The summed E-state index contributed by atoms with van der Waals surface area (Å²) in [5.41, 5.74) is 3.60. The number of ether oxygens (including phenoxy) is 1. The van der Waals surface area contributed by atoms with Crippen LogP contribution < -0.4 is 5.32 Å². The summed E-state index contributed by atoms with van der Waals surface area (Å²) in [6.45, 7) is 5.18. The first-order chi connectivity index (χ1) is 12.5. The molecule has 0 atom stereocenters. The molecule has 0 aliphatic rings. The van der Waals surface area contributed by atoms with Crippen LogP contribution in [0.3, 0.4) is 0 Å². The molecule has 6 nitrogen and oxygen atoms in total. The van der Waals surface area contributed by atoms with E-state index in [4.69, 9.17) is 16.3 Å². The average molecular weight is 373 g/mol. The highest BCUT2D eigenvalue weighted by Gasteiger charge is 2.19. The number of carbonyl (C=O) groups excluding carboxylic acids is 1. The van der Waals surface area contributed by atoms with Crippen LogP contribution in [0.15, 0.2) is 30.5 Å². The number of methoxy groups -OCH3 is 1. The summed E-state index contributed by atoms with van der Waals surface area (Å²) in [6.07, 6.45) is 2.32. The summed E-state index contributed by atoms with van der Waals surface area (Å²) in [5, 5.41) is 8.43. The highest BCUT2D eigenvalue weighted by Crippen LogP contribution is 2.29. The van der Waals surface area contributed by atoms with Gasteiger partial charge in [0.05, 0.1) is 21.7 Å². The fourth-order valence-electron chi connectivity index (χ4n) is 2.78. The lowest BCUT2D eigenvalue weighted by molar-refractivity contribution is 0.102. The molecule has 2 aromatic heterocycles. The maximum Gasteiger partial charge on any atom is 0.258 e. The van der Waals surface area contributed by atoms with Crippen molar-refractivity contribution in [2.75, 3.05) is 19.0 Å². The molecule has 0 saturated heterocycles. The third-order valence-electron chi connectivity index (χ3n) is 4.14. The molecular weight excluding hydrogens is 352 g/mol. The first kappa shape index (κ1) is 18.4. The van der Waals surface area contributed by atoms with Crippen molar-refractivity contribution >= 4 is 34.2 Å². The smallest absolute Gasteiger partial charge is 0.258 e. The van der Waals surface area contributed by atoms with Crippen molar-refractivity contribution in [3.63, 3.8) is 0 Å². The maximum atomic E-state index is 12.6. The van der Waals surface area contributed by atoms with Gasteiger partial charge in [0.15, 0.2) is 5.65 Å². The Bertz CT molecular complexity index is 935. The van der Waals surface area contributed by atoms with Gasteiger partial charge in [-0.05, 0) is 32.4 Å². The van der Waals surface area contributed by atoms with Crippen LogP contribution in [0.4, 0.5) is 5.69 Å². The van der Waals surface area contributed by atoms with Crippen LogP contribution in [0.1, 0.15) is 28.0 Å². The molecule has 0 aliphatic heterocycles. The number of hydrogen-bond donors (Lipinski definition) is 1. The molecule has 1 N–H and O–H groups in total. The molecule has 1 aromatic carbocycles. The van der Waals surface area contributed by atoms with E-state index in [0.717, 1.165) is 17.7 Å². The van der Waals surface area contributed by atoms with E-state index < -0.39 is 0 Å². The van der Waals surface area contributed by atoms with Crippen molar-refractivity contribution in [2.45, 2.75) is 26.8 Å². The van der Waals surface area contributed by atoms with Crippen LogP contribution in [0, 0.1) is 13.8 Å². The normalized spacial score (nSPS) is 11.1. The monoisotopic (exact) mass is 372 g/mol. The maximum absolute atomic E-state index is 12.6. The Balaban J connectivity index is 1.90. The van der Waals surface area contributed by atoms with E-state index >= 15 is 0 Å². The zero-order valence-electron chi connectivity index (χ0n) is 15.0. The Labute approximate surface area is 157 Å². The Hall–Kier alpha value is -2.44. The fourth-order valence-corrected chi connectivity index (χ4v) is 3.14. The number of aryl methyl sites for hydroxylation is 3. The minimum Gasteiger partial charge on any atom is -0.385 e. The molecule has 0 aliphatic carbocycles. The first-order valence-electron chi connectivity index (χ1n) is 8.40. The van der Waals surface area contributed by atoms with Gasteiger partial charge in [-0.25, -0.2) is 9.67 Å². The van der Waals surface area contributed by atoms with Gasteiger partial charge in [0.1, 0.15) is 0 Å². The molecule has 0 unspecified atom stereocenters. The number of anilines is 1. The molecule has 0 spiro atoms. The van der Waals surface area contributed by atoms with Crippen molar-refractivity contribution < 1.29 is 9.53 Å². The number of halogens is 1. The molecule has 1 amide bonds. The molecular formula is C19H21ClN4O2. The SMILES string of the molecule is COCCCn1nc(C)c2c(Cl)c(C(=O)Nc3ccc(C)cc3)cnc21. The third kappa shape index (κ3) is 3.71. The first-order valence-corrected chi connectivity index (χ1v) is 8.77. The number of amides is 1. The van der Waals surface area contributed by atoms with Crippen molar-refractivity contribution in [3.05, 3.63) is 52.3 Å². The third-order valence-corrected chi connectivity index (χ3v) is 4.54. The van der Waals surface area contributed by atoms with E-state index in [-0.39, 0.29) is 5.91 Å². The van der Waals surface area contributed by atoms with Crippen LogP contribution in [-0.2, 0) is 11.3 Å². The Kier molecular flexibility index (Phi) is 5.54. The van der Waals surface area contributed by atoms with Crippen molar-refractivity contribution in [1.82, 2.24) is 14.8 Å². The highest BCUT2D eigenvalue weighted by molar-refractivity contribution is 6.39. The molecule has 0 bridgehead atoms. The number of nitrogens with one attached hydrogen (secondary N) is 1. The lowest BCUT2D eigenvalue weighted by Gasteiger charge is -2.08. The average Bonchev–Trinajstić information content (AvgIpc) is 2.94. The zero-order valence-corrected chi connectivity index (χ0v) is 15.8. The summed E-state index contributed by atoms with van der Waals surface area (Å²) in [7, 11) is 1.67. The number of aromatic nitrogens is 3. The molecule has 0 fully saturated rings. The van der Waals surface area contributed by atoms with Crippen LogP contribution in [0.25, 0.3) is 11.0 Å². The molecule has 7 heteroatoms. The van der Waals surface area contributed by atoms with E-state index in [1.165, 1.54) is 6.20 Å². The zero-order chi connectivity index (χ0) is 18.7. The van der Waals surface area contributed by atoms with Gasteiger partial charge in [-0.1, -0.05) is 29.3 Å². The van der Waals surface area contributed by atoms with Crippen LogP contribution in [-0.4, -0.2) is 34.4 Å². The molecule has 26 heavy (non-hydrogen) atoms. The highest BCUT2D eigenvalue weighted by atomic mass is 35.5. The minimum atomic E-state index is -0.292. The number of carbonyl (C=O) groups is 1. The second kappa shape index (κ2) is 7.85. The molecule has 3 aromatic rings. The Morgan fingerprint density at radius 2 is 2.00 bits per heavy atom. The lowest BCUT2D eigenvalue weighted by Crippen LogP contribution is -2.13. The van der Waals surface area contributed by atoms with Crippen LogP contribution in [0.2, 0.25) is 5.02 Å². The summed E-state index contributed by atoms with van der Waals surface area (Å²) >= 11 is 6.53. The van der Waals surface area contributed by atoms with Gasteiger partial charge in [-0.15, -0.1) is 0 Å². The quantitative estimate of drug-likeness (QED) is 0.664. The van der Waals surface area contributed by atoms with Gasteiger partial charge < -0.3 is 10.1 Å². The second-order valence-corrected chi connectivity index (χ2v) is 6.54. The van der Waals surface area contributed by atoms with E-state index in [1.807, 2.05) is 38.1 Å². The van der Waals surface area contributed by atoms with E-state index in [2.05, 4.69) is 15.4 Å². The van der Waals surface area contributed by atoms with Gasteiger partial charge in [-0.2, -0.15) is 5.10 Å². The second-order valence-electron chi connectivity index (χ2n) is 6.16. The molecule has 136 valence electrons. The summed E-state index contributed by atoms with van der Waals surface area (Å²) in [6, 6.07) is 7.58. The van der Waals surface area contributed by atoms with E-state index in [9.17, 15) is 4.79 Å². The van der Waals surface area contributed by atoms with Gasteiger partial charge in [0.2, 0.25) is 0 Å². The predicted molar refractivity (Wildman–Crippen MR) is 103 cm³/mol. The molecule has 0 saturated carbocycles. The minimum absolute atomic E-state index is 0.292. The topological polar surface area (TPSA) is 69.0 Å². The van der Waals surface area contributed by atoms with Gasteiger partial charge in [-0.3, -0.25) is 4.79 Å². The summed E-state index contributed by atoms with van der Waals surface area (Å²) in [5.74, 6) is -0.292. The standard InChI is InChI=1S/C19H21ClN4O2/c1-12-5-7-14(8-6-12)22-19(25)15-11-21-18-16(17(15)20)13(2)23-24(18)9-4-10-26-3/h5-8,11H,4,9-10H2,1-3H3,(H,22,25). The van der Waals surface area contributed by atoms with Crippen molar-refractivity contribution in [3.8, 4) is 0 Å². The number of benzene rings is 1. The number of rotatable bonds is 6. The Morgan fingerprint density at radius 1 is 1.27 bits per heavy atom. The molecule has 3 rings (SSSR count). The van der Waals surface area contributed by atoms with E-state index in [1.54, 1.807) is 11.8 Å². The van der Waals surface area contributed by atoms with Crippen LogP contribution in [0.5, 0.6) is 0 Å². The van der Waals surface area contributed by atoms with Gasteiger partial charge in [0.25, 0.3) is 5.91 Å². The number of fused-ring (bicyclic) bond motifs is 1. The fraction of sp³-hybridized carbons (Fsp3) is 0.316. The van der Waals surface area contributed by atoms with Crippen LogP contribution >= 0.6 is 11.6 Å². The van der Waals surface area contributed by atoms with Gasteiger partial charge >= 0.3 is 0 Å². The number of hydrogen-bond acceptors (Lipinski definition) is 4. The van der Waals surface area contributed by atoms with E-state index in [0.29, 0.717) is 40.5 Å². The number of nitrogens with zero attached hydrogens (tertiary/aromatic N) is 3. The summed E-state index contributed by atoms with van der Waals surface area (Å²) < 4.78 is 6.88. The van der Waals surface area contributed by atoms with Crippen molar-refractivity contribution in [2.24, 2.45) is 0 Å². The van der Waals surface area contributed by atoms with Gasteiger partial charge in [0, 0.05) is 32.1 Å². The lowest BCUT2D eigenvalue weighted by atomic mass is 10.2. The summed E-state index contributed by atoms with van der Waals surface area (Å²) in [4.78, 5) is 17.0. The Morgan fingerprint density at radius 3 is 2.69 bits per heavy atom. The predicted octanol–water partition coefficient (Wildman–Crippen LogP) is 3.99.